The SMILES string of the molecule is CCN(CC)c1cccc(NF)c1F. The third kappa shape index (κ3) is 1.95. The number of rotatable bonds is 4. The molecule has 4 heteroatoms. The maximum Gasteiger partial charge on any atom is 0.172 e. The van der Waals surface area contributed by atoms with Crippen molar-refractivity contribution in [2.45, 2.75) is 13.8 Å². The minimum atomic E-state index is -0.543. The molecule has 2 nitrogen and oxygen atoms in total. The Kier molecular flexibility index (Phi) is 3.68. The molecule has 1 rings (SSSR count). The van der Waals surface area contributed by atoms with Gasteiger partial charge in [0.25, 0.3) is 0 Å². The second-order valence-corrected chi connectivity index (χ2v) is 2.91. The summed E-state index contributed by atoms with van der Waals surface area (Å²) in [6.45, 7) is 5.25. The van der Waals surface area contributed by atoms with Crippen molar-refractivity contribution in [3.63, 3.8) is 0 Å². The fourth-order valence-corrected chi connectivity index (χ4v) is 1.40. The molecule has 0 heterocycles. The normalized spacial score (nSPS) is 10.0. The molecule has 0 aliphatic carbocycles. The van der Waals surface area contributed by atoms with E-state index in [1.54, 1.807) is 12.1 Å². The molecule has 0 unspecified atom stereocenters. The summed E-state index contributed by atoms with van der Waals surface area (Å²) >= 11 is 0. The zero-order valence-electron chi connectivity index (χ0n) is 8.35. The van der Waals surface area contributed by atoms with Gasteiger partial charge in [-0.3, -0.25) is 0 Å². The third-order valence-corrected chi connectivity index (χ3v) is 2.18. The molecule has 0 atom stereocenters. The third-order valence-electron chi connectivity index (χ3n) is 2.18. The van der Waals surface area contributed by atoms with E-state index in [1.807, 2.05) is 18.7 Å². The Morgan fingerprint density at radius 3 is 2.43 bits per heavy atom. The lowest BCUT2D eigenvalue weighted by Gasteiger charge is -2.22. The van der Waals surface area contributed by atoms with E-state index in [4.69, 9.17) is 0 Å². The predicted molar refractivity (Wildman–Crippen MR) is 54.7 cm³/mol. The van der Waals surface area contributed by atoms with Crippen molar-refractivity contribution in [3.8, 4) is 0 Å². The highest BCUT2D eigenvalue weighted by Crippen LogP contribution is 2.25. The number of hydrogen-bond acceptors (Lipinski definition) is 2. The van der Waals surface area contributed by atoms with Gasteiger partial charge in [-0.05, 0) is 26.0 Å². The average Bonchev–Trinajstić information content (AvgIpc) is 2.22. The first kappa shape index (κ1) is 10.8. The molecule has 0 spiro atoms. The first-order chi connectivity index (χ1) is 6.74. The maximum absolute atomic E-state index is 13.6. The largest absolute Gasteiger partial charge is 0.370 e. The Morgan fingerprint density at radius 2 is 1.93 bits per heavy atom. The van der Waals surface area contributed by atoms with Crippen molar-refractivity contribution in [1.82, 2.24) is 0 Å². The zero-order chi connectivity index (χ0) is 10.6. The lowest BCUT2D eigenvalue weighted by atomic mass is 10.2. The van der Waals surface area contributed by atoms with E-state index >= 15 is 0 Å². The highest BCUT2D eigenvalue weighted by Gasteiger charge is 2.11. The molecule has 14 heavy (non-hydrogen) atoms. The molecular weight excluding hydrogens is 186 g/mol. The molecule has 0 fully saturated rings. The number of halogens is 2. The summed E-state index contributed by atoms with van der Waals surface area (Å²) in [5.74, 6) is -0.543. The molecule has 0 aromatic heterocycles. The molecular formula is C10H14F2N2. The van der Waals surface area contributed by atoms with E-state index in [1.165, 1.54) is 11.6 Å². The van der Waals surface area contributed by atoms with Crippen LogP contribution in [0.3, 0.4) is 0 Å². The number of anilines is 2. The molecule has 0 radical (unpaired) electrons. The molecule has 78 valence electrons. The van der Waals surface area contributed by atoms with Crippen molar-refractivity contribution >= 4 is 11.4 Å². The molecule has 1 N–H and O–H groups in total. The summed E-state index contributed by atoms with van der Waals surface area (Å²) in [6, 6.07) is 4.63. The van der Waals surface area contributed by atoms with Crippen LogP contribution in [0.25, 0.3) is 0 Å². The average molecular weight is 200 g/mol. The van der Waals surface area contributed by atoms with Gasteiger partial charge < -0.3 is 4.90 Å². The standard InChI is InChI=1S/C10H14F2N2/c1-3-14(4-2)9-7-5-6-8(13-12)10(9)11/h5-7,13H,3-4H2,1-2H3. The van der Waals surface area contributed by atoms with Crippen LogP contribution in [0.4, 0.5) is 20.2 Å². The van der Waals surface area contributed by atoms with Crippen molar-refractivity contribution in [1.29, 1.82) is 0 Å². The molecule has 0 bridgehead atoms. The first-order valence-electron chi connectivity index (χ1n) is 4.64. The quantitative estimate of drug-likeness (QED) is 0.752. The molecule has 1 aromatic rings. The molecule has 0 saturated heterocycles. The molecule has 0 saturated carbocycles. The van der Waals surface area contributed by atoms with Crippen LogP contribution in [-0.2, 0) is 0 Å². The van der Waals surface area contributed by atoms with Crippen LogP contribution in [0.5, 0.6) is 0 Å². The number of nitrogens with one attached hydrogen (secondary N) is 1. The van der Waals surface area contributed by atoms with Crippen LogP contribution in [0.15, 0.2) is 18.2 Å². The van der Waals surface area contributed by atoms with Crippen molar-refractivity contribution in [2.24, 2.45) is 0 Å². The Hall–Kier alpha value is -1.32. The minimum Gasteiger partial charge on any atom is -0.370 e. The summed E-state index contributed by atoms with van der Waals surface area (Å²) < 4.78 is 25.7. The van der Waals surface area contributed by atoms with E-state index in [0.717, 1.165) is 0 Å². The van der Waals surface area contributed by atoms with E-state index < -0.39 is 5.82 Å². The highest BCUT2D eigenvalue weighted by atomic mass is 19.2. The van der Waals surface area contributed by atoms with Gasteiger partial charge in [-0.25, -0.2) is 9.93 Å². The number of nitrogens with zero attached hydrogens (tertiary/aromatic N) is 1. The van der Waals surface area contributed by atoms with Crippen LogP contribution in [0, 0.1) is 5.82 Å². The first-order valence-corrected chi connectivity index (χ1v) is 4.64. The van der Waals surface area contributed by atoms with E-state index in [-0.39, 0.29) is 5.69 Å². The molecule has 0 aliphatic rings. The molecule has 0 amide bonds. The van der Waals surface area contributed by atoms with Gasteiger partial charge in [0.15, 0.2) is 5.82 Å². The maximum atomic E-state index is 13.6. The van der Waals surface area contributed by atoms with Crippen LogP contribution in [-0.4, -0.2) is 13.1 Å². The lowest BCUT2D eigenvalue weighted by molar-refractivity contribution is 0.578. The summed E-state index contributed by atoms with van der Waals surface area (Å²) in [5, 5.41) is 0. The van der Waals surface area contributed by atoms with Gasteiger partial charge in [-0.15, -0.1) is 4.48 Å². The summed E-state index contributed by atoms with van der Waals surface area (Å²) in [7, 11) is 0. The fourth-order valence-electron chi connectivity index (χ4n) is 1.40. The van der Waals surface area contributed by atoms with Gasteiger partial charge in [-0.1, -0.05) is 6.07 Å². The minimum absolute atomic E-state index is 0.116. The summed E-state index contributed by atoms with van der Waals surface area (Å²) in [5.41, 5.74) is 1.65. The van der Waals surface area contributed by atoms with Crippen molar-refractivity contribution in [3.05, 3.63) is 24.0 Å². The second kappa shape index (κ2) is 4.79. The Balaban J connectivity index is 3.07. The van der Waals surface area contributed by atoms with Gasteiger partial charge in [0.2, 0.25) is 0 Å². The highest BCUT2D eigenvalue weighted by molar-refractivity contribution is 5.59. The van der Waals surface area contributed by atoms with Crippen LogP contribution in [0.1, 0.15) is 13.8 Å². The van der Waals surface area contributed by atoms with E-state index in [9.17, 15) is 8.87 Å². The number of benzene rings is 1. The van der Waals surface area contributed by atoms with Crippen LogP contribution >= 0.6 is 0 Å². The summed E-state index contributed by atoms with van der Waals surface area (Å²) in [6.07, 6.45) is 0. The zero-order valence-corrected chi connectivity index (χ0v) is 8.35. The monoisotopic (exact) mass is 200 g/mol. The molecule has 0 aliphatic heterocycles. The van der Waals surface area contributed by atoms with Gasteiger partial charge >= 0.3 is 0 Å². The Morgan fingerprint density at radius 1 is 1.29 bits per heavy atom. The smallest absolute Gasteiger partial charge is 0.172 e. The number of hydrogen-bond donors (Lipinski definition) is 1. The molecule has 1 aromatic carbocycles. The fraction of sp³-hybridized carbons (Fsp3) is 0.400. The van der Waals surface area contributed by atoms with Gasteiger partial charge in [0.05, 0.1) is 5.69 Å². The van der Waals surface area contributed by atoms with Crippen LogP contribution in [0.2, 0.25) is 0 Å². The summed E-state index contributed by atoms with van der Waals surface area (Å²) in [4.78, 5) is 1.83. The van der Waals surface area contributed by atoms with Crippen molar-refractivity contribution < 1.29 is 8.87 Å². The van der Waals surface area contributed by atoms with Crippen LogP contribution < -0.4 is 10.4 Å². The van der Waals surface area contributed by atoms with Gasteiger partial charge in [-0.2, -0.15) is 0 Å². The van der Waals surface area contributed by atoms with E-state index in [0.29, 0.717) is 18.8 Å². The van der Waals surface area contributed by atoms with E-state index in [2.05, 4.69) is 0 Å². The lowest BCUT2D eigenvalue weighted by Crippen LogP contribution is -2.23. The van der Waals surface area contributed by atoms with Gasteiger partial charge in [0, 0.05) is 13.1 Å². The van der Waals surface area contributed by atoms with Gasteiger partial charge in [0.1, 0.15) is 5.69 Å². The van der Waals surface area contributed by atoms with Crippen molar-refractivity contribution in [2.75, 3.05) is 23.5 Å². The predicted octanol–water partition coefficient (Wildman–Crippen LogP) is 2.97. The Bertz CT molecular complexity index is 298. The topological polar surface area (TPSA) is 15.3 Å². The Labute approximate surface area is 82.5 Å². The second-order valence-electron chi connectivity index (χ2n) is 2.91.